The largest absolute Gasteiger partial charge is 0.467 e. The Morgan fingerprint density at radius 1 is 1.28 bits per heavy atom. The molecule has 0 aliphatic rings. The van der Waals surface area contributed by atoms with Crippen molar-refractivity contribution in [3.05, 3.63) is 34.9 Å². The van der Waals surface area contributed by atoms with Gasteiger partial charge in [0.15, 0.2) is 11.8 Å². The lowest BCUT2D eigenvalue weighted by atomic mass is 10.00. The summed E-state index contributed by atoms with van der Waals surface area (Å²) in [6, 6.07) is 3.79. The van der Waals surface area contributed by atoms with Crippen molar-refractivity contribution >= 4 is 18.2 Å². The average Bonchev–Trinajstić information content (AvgIpc) is 2.37. The lowest BCUT2D eigenvalue weighted by molar-refractivity contribution is -0.142. The molecule has 0 aromatic heterocycles. The number of hydrogen-bond acceptors (Lipinski definition) is 4. The monoisotopic (exact) mass is 249 g/mol. The first kappa shape index (κ1) is 13.9. The van der Waals surface area contributed by atoms with Crippen molar-refractivity contribution in [2.75, 3.05) is 7.11 Å². The van der Waals surface area contributed by atoms with Crippen LogP contribution in [0.5, 0.6) is 0 Å². The number of carbonyl (C=O) groups is 3. The first-order valence-electron chi connectivity index (χ1n) is 5.40. The quantitative estimate of drug-likeness (QED) is 0.362. The van der Waals surface area contributed by atoms with Crippen LogP contribution in [0.3, 0.4) is 0 Å². The van der Waals surface area contributed by atoms with E-state index in [0.717, 1.165) is 18.2 Å². The van der Waals surface area contributed by atoms with E-state index in [4.69, 9.17) is 0 Å². The molecule has 0 aliphatic carbocycles. The molecule has 0 aliphatic heterocycles. The van der Waals surface area contributed by atoms with E-state index in [1.165, 1.54) is 0 Å². The fourth-order valence-electron chi connectivity index (χ4n) is 1.50. The zero-order valence-electron chi connectivity index (χ0n) is 10.5. The fraction of sp³-hybridized carbons (Fsp3) is 0.308. The molecule has 5 nitrogen and oxygen atoms in total. The third kappa shape index (κ3) is 2.94. The predicted octanol–water partition coefficient (Wildman–Crippen LogP) is 0.774. The van der Waals surface area contributed by atoms with Crippen molar-refractivity contribution < 1.29 is 19.1 Å². The van der Waals surface area contributed by atoms with E-state index in [-0.39, 0.29) is 0 Å². The molecule has 1 aromatic rings. The van der Waals surface area contributed by atoms with Crippen LogP contribution in [-0.2, 0) is 14.3 Å². The summed E-state index contributed by atoms with van der Waals surface area (Å²) in [5.41, 5.74) is 2.35. The van der Waals surface area contributed by atoms with E-state index in [0.29, 0.717) is 12.0 Å². The van der Waals surface area contributed by atoms with E-state index in [1.807, 2.05) is 13.8 Å². The van der Waals surface area contributed by atoms with E-state index < -0.39 is 17.8 Å². The van der Waals surface area contributed by atoms with Crippen molar-refractivity contribution in [2.24, 2.45) is 0 Å². The number of esters is 1. The Kier molecular flexibility index (Phi) is 4.59. The molecule has 1 unspecified atom stereocenters. The van der Waals surface area contributed by atoms with Crippen LogP contribution in [0, 0.1) is 13.8 Å². The summed E-state index contributed by atoms with van der Waals surface area (Å²) in [5.74, 6) is -1.28. The first-order chi connectivity index (χ1) is 8.51. The van der Waals surface area contributed by atoms with Gasteiger partial charge in [-0.05, 0) is 31.0 Å². The number of rotatable bonds is 5. The van der Waals surface area contributed by atoms with Crippen molar-refractivity contribution in [2.45, 2.75) is 19.9 Å². The van der Waals surface area contributed by atoms with Crippen molar-refractivity contribution in [1.82, 2.24) is 5.32 Å². The molecule has 1 N–H and O–H groups in total. The van der Waals surface area contributed by atoms with Gasteiger partial charge < -0.3 is 10.1 Å². The van der Waals surface area contributed by atoms with Gasteiger partial charge in [0.25, 0.3) is 0 Å². The highest BCUT2D eigenvalue weighted by molar-refractivity contribution is 6.13. The highest BCUT2D eigenvalue weighted by atomic mass is 16.5. The number of Topliss-reactive ketones (excluding diaryl/α,β-unsaturated/α-hetero) is 1. The molecule has 0 saturated carbocycles. The van der Waals surface area contributed by atoms with Crippen LogP contribution in [-0.4, -0.2) is 31.3 Å². The lowest BCUT2D eigenvalue weighted by Crippen LogP contribution is -2.43. The highest BCUT2D eigenvalue weighted by Gasteiger charge is 2.28. The van der Waals surface area contributed by atoms with Gasteiger partial charge in [-0.3, -0.25) is 9.59 Å². The second-order valence-electron chi connectivity index (χ2n) is 3.90. The topological polar surface area (TPSA) is 72.5 Å². The van der Waals surface area contributed by atoms with Crippen molar-refractivity contribution in [3.63, 3.8) is 0 Å². The Labute approximate surface area is 105 Å². The number of hydrogen-bond donors (Lipinski definition) is 1. The lowest BCUT2D eigenvalue weighted by Gasteiger charge is -2.13. The summed E-state index contributed by atoms with van der Waals surface area (Å²) >= 11 is 0. The minimum Gasteiger partial charge on any atom is -0.467 e. The number of aryl methyl sites for hydroxylation is 2. The van der Waals surface area contributed by atoms with Crippen LogP contribution in [0.25, 0.3) is 0 Å². The zero-order valence-corrected chi connectivity index (χ0v) is 10.5. The van der Waals surface area contributed by atoms with Crippen LogP contribution in [0.1, 0.15) is 21.5 Å². The first-order valence-corrected chi connectivity index (χ1v) is 5.40. The van der Waals surface area contributed by atoms with Gasteiger partial charge in [-0.15, -0.1) is 0 Å². The maximum atomic E-state index is 12.1. The second kappa shape index (κ2) is 5.95. The Bertz CT molecular complexity index is 482. The molecule has 96 valence electrons. The van der Waals surface area contributed by atoms with Crippen LogP contribution in [0.15, 0.2) is 18.2 Å². The summed E-state index contributed by atoms with van der Waals surface area (Å²) in [4.78, 5) is 33.9. The summed E-state index contributed by atoms with van der Waals surface area (Å²) in [6.45, 7) is 3.79. The van der Waals surface area contributed by atoms with E-state index in [9.17, 15) is 14.4 Å². The van der Waals surface area contributed by atoms with E-state index in [2.05, 4.69) is 10.1 Å². The Morgan fingerprint density at radius 2 is 1.94 bits per heavy atom. The van der Waals surface area contributed by atoms with Gasteiger partial charge in [-0.2, -0.15) is 0 Å². The molecular weight excluding hydrogens is 234 g/mol. The highest BCUT2D eigenvalue weighted by Crippen LogP contribution is 2.12. The average molecular weight is 249 g/mol. The molecule has 1 atom stereocenters. The minimum absolute atomic E-state index is 0.306. The smallest absolute Gasteiger partial charge is 0.336 e. The molecule has 5 heteroatoms. The minimum atomic E-state index is -1.30. The zero-order chi connectivity index (χ0) is 13.7. The van der Waals surface area contributed by atoms with Gasteiger partial charge >= 0.3 is 5.97 Å². The summed E-state index contributed by atoms with van der Waals surface area (Å²) in [6.07, 6.45) is 0.306. The summed E-state index contributed by atoms with van der Waals surface area (Å²) in [5, 5.41) is 2.16. The molecule has 18 heavy (non-hydrogen) atoms. The molecule has 0 bridgehead atoms. The normalized spacial score (nSPS) is 11.5. The Morgan fingerprint density at radius 3 is 2.44 bits per heavy atom. The van der Waals surface area contributed by atoms with Crippen LogP contribution < -0.4 is 5.32 Å². The van der Waals surface area contributed by atoms with Gasteiger partial charge in [0.2, 0.25) is 6.41 Å². The summed E-state index contributed by atoms with van der Waals surface area (Å²) in [7, 11) is 1.16. The molecule has 0 fully saturated rings. The number of methoxy groups -OCH3 is 1. The maximum Gasteiger partial charge on any atom is 0.336 e. The van der Waals surface area contributed by atoms with Gasteiger partial charge in [0.05, 0.1) is 7.11 Å². The molecular formula is C13H15NO4. The molecule has 1 rings (SSSR count). The maximum absolute atomic E-state index is 12.1. The molecule has 1 amide bonds. The van der Waals surface area contributed by atoms with E-state index in [1.54, 1.807) is 18.2 Å². The number of benzene rings is 1. The van der Waals surface area contributed by atoms with Gasteiger partial charge in [-0.1, -0.05) is 12.1 Å². The van der Waals surface area contributed by atoms with Crippen LogP contribution in [0.4, 0.5) is 0 Å². The van der Waals surface area contributed by atoms with Gasteiger partial charge in [-0.25, -0.2) is 4.79 Å². The molecule has 0 heterocycles. The van der Waals surface area contributed by atoms with E-state index >= 15 is 0 Å². The fourth-order valence-corrected chi connectivity index (χ4v) is 1.50. The third-order valence-corrected chi connectivity index (χ3v) is 2.73. The molecule has 0 saturated heterocycles. The van der Waals surface area contributed by atoms with Gasteiger partial charge in [0, 0.05) is 5.56 Å². The second-order valence-corrected chi connectivity index (χ2v) is 3.90. The third-order valence-electron chi connectivity index (χ3n) is 2.73. The van der Waals surface area contributed by atoms with Crippen LogP contribution >= 0.6 is 0 Å². The Hall–Kier alpha value is -2.17. The number of nitrogens with one attached hydrogen (secondary N) is 1. The number of ketones is 1. The standard InChI is InChI=1S/C13H15NO4/c1-8-4-5-10(6-9(8)2)12(16)11(14-7-15)13(17)18-3/h4-7,11H,1-3H3,(H,14,15). The molecule has 0 radical (unpaired) electrons. The number of ether oxygens (including phenoxy) is 1. The summed E-state index contributed by atoms with van der Waals surface area (Å²) < 4.78 is 4.48. The Balaban J connectivity index is 3.05. The van der Waals surface area contributed by atoms with Crippen LogP contribution in [0.2, 0.25) is 0 Å². The molecule has 0 spiro atoms. The SMILES string of the molecule is COC(=O)C(NC=O)C(=O)c1ccc(C)c(C)c1. The molecule has 1 aromatic carbocycles. The predicted molar refractivity (Wildman–Crippen MR) is 65.3 cm³/mol. The number of carbonyl (C=O) groups excluding carboxylic acids is 3. The van der Waals surface area contributed by atoms with Crippen molar-refractivity contribution in [3.8, 4) is 0 Å². The van der Waals surface area contributed by atoms with Crippen molar-refractivity contribution in [1.29, 1.82) is 0 Å². The van der Waals surface area contributed by atoms with Gasteiger partial charge in [0.1, 0.15) is 0 Å². The number of amides is 1.